The molecule has 0 aromatic heterocycles. The van der Waals surface area contributed by atoms with Gasteiger partial charge in [0.15, 0.2) is 0 Å². The lowest BCUT2D eigenvalue weighted by molar-refractivity contribution is 0.0938. The van der Waals surface area contributed by atoms with Crippen molar-refractivity contribution in [3.63, 3.8) is 0 Å². The zero-order valence-corrected chi connectivity index (χ0v) is 11.1. The fraction of sp³-hybridized carbons (Fsp3) is 0.333. The normalized spacial score (nSPS) is 27.1. The molecule has 0 spiro atoms. The SMILES string of the molecule is OC1CCCC(c2ccccc2)C1c1ccccc1. The van der Waals surface area contributed by atoms with E-state index in [1.54, 1.807) is 0 Å². The molecule has 3 unspecified atom stereocenters. The topological polar surface area (TPSA) is 20.2 Å². The van der Waals surface area contributed by atoms with Crippen molar-refractivity contribution in [1.29, 1.82) is 0 Å². The van der Waals surface area contributed by atoms with Gasteiger partial charge >= 0.3 is 0 Å². The van der Waals surface area contributed by atoms with Crippen molar-refractivity contribution < 1.29 is 5.11 Å². The molecular formula is C18H20O. The molecule has 2 aromatic rings. The Labute approximate surface area is 114 Å². The van der Waals surface area contributed by atoms with Gasteiger partial charge in [-0.15, -0.1) is 0 Å². The number of hydrogen-bond acceptors (Lipinski definition) is 1. The number of rotatable bonds is 2. The molecule has 98 valence electrons. The van der Waals surface area contributed by atoms with Gasteiger partial charge in [-0.2, -0.15) is 0 Å². The third kappa shape index (κ3) is 2.57. The van der Waals surface area contributed by atoms with E-state index in [0.29, 0.717) is 5.92 Å². The van der Waals surface area contributed by atoms with E-state index in [1.807, 2.05) is 6.07 Å². The molecule has 1 aliphatic rings. The highest BCUT2D eigenvalue weighted by Crippen LogP contribution is 2.43. The van der Waals surface area contributed by atoms with Crippen LogP contribution in [0.5, 0.6) is 0 Å². The van der Waals surface area contributed by atoms with Crippen molar-refractivity contribution in [3.05, 3.63) is 71.8 Å². The van der Waals surface area contributed by atoms with E-state index in [1.165, 1.54) is 17.5 Å². The summed E-state index contributed by atoms with van der Waals surface area (Å²) in [6.07, 6.45) is 2.98. The Kier molecular flexibility index (Phi) is 3.65. The van der Waals surface area contributed by atoms with Crippen LogP contribution in [0.25, 0.3) is 0 Å². The van der Waals surface area contributed by atoms with Crippen LogP contribution in [0.4, 0.5) is 0 Å². The highest BCUT2D eigenvalue weighted by molar-refractivity contribution is 5.30. The van der Waals surface area contributed by atoms with Gasteiger partial charge in [0.25, 0.3) is 0 Å². The van der Waals surface area contributed by atoms with Crippen LogP contribution in [-0.2, 0) is 0 Å². The maximum absolute atomic E-state index is 10.5. The third-order valence-corrected chi connectivity index (χ3v) is 4.28. The Hall–Kier alpha value is -1.60. The minimum Gasteiger partial charge on any atom is -0.392 e. The molecular weight excluding hydrogens is 232 g/mol. The molecule has 0 saturated heterocycles. The number of hydrogen-bond donors (Lipinski definition) is 1. The molecule has 3 rings (SSSR count). The van der Waals surface area contributed by atoms with E-state index in [9.17, 15) is 5.11 Å². The minimum absolute atomic E-state index is 0.221. The van der Waals surface area contributed by atoms with Crippen molar-refractivity contribution in [2.24, 2.45) is 0 Å². The Bertz CT molecular complexity index is 506. The Morgan fingerprint density at radius 2 is 1.32 bits per heavy atom. The van der Waals surface area contributed by atoms with Crippen molar-refractivity contribution in [1.82, 2.24) is 0 Å². The van der Waals surface area contributed by atoms with Crippen LogP contribution in [0.2, 0.25) is 0 Å². The average molecular weight is 252 g/mol. The summed E-state index contributed by atoms with van der Waals surface area (Å²) in [6.45, 7) is 0. The van der Waals surface area contributed by atoms with Crippen molar-refractivity contribution in [3.8, 4) is 0 Å². The zero-order chi connectivity index (χ0) is 13.1. The Balaban J connectivity index is 1.97. The quantitative estimate of drug-likeness (QED) is 0.853. The monoisotopic (exact) mass is 252 g/mol. The van der Waals surface area contributed by atoms with E-state index in [-0.39, 0.29) is 12.0 Å². The molecule has 1 aliphatic carbocycles. The van der Waals surface area contributed by atoms with E-state index < -0.39 is 0 Å². The molecule has 3 atom stereocenters. The lowest BCUT2D eigenvalue weighted by Crippen LogP contribution is -2.29. The number of aliphatic hydroxyl groups excluding tert-OH is 1. The molecule has 1 N–H and O–H groups in total. The lowest BCUT2D eigenvalue weighted by Gasteiger charge is -2.36. The number of aliphatic hydroxyl groups is 1. The average Bonchev–Trinajstić information content (AvgIpc) is 2.49. The van der Waals surface area contributed by atoms with Crippen LogP contribution in [0, 0.1) is 0 Å². The molecule has 0 heterocycles. The van der Waals surface area contributed by atoms with Gasteiger partial charge < -0.3 is 5.11 Å². The molecule has 0 radical (unpaired) electrons. The van der Waals surface area contributed by atoms with Crippen LogP contribution in [0.1, 0.15) is 42.2 Å². The van der Waals surface area contributed by atoms with Crippen LogP contribution in [-0.4, -0.2) is 11.2 Å². The van der Waals surface area contributed by atoms with Crippen molar-refractivity contribution >= 4 is 0 Å². The fourth-order valence-electron chi connectivity index (χ4n) is 3.38. The van der Waals surface area contributed by atoms with E-state index in [4.69, 9.17) is 0 Å². The van der Waals surface area contributed by atoms with E-state index in [2.05, 4.69) is 54.6 Å². The molecule has 19 heavy (non-hydrogen) atoms. The highest BCUT2D eigenvalue weighted by atomic mass is 16.3. The maximum atomic E-state index is 10.5. The van der Waals surface area contributed by atoms with Crippen molar-refractivity contribution in [2.45, 2.75) is 37.2 Å². The number of benzene rings is 2. The first kappa shape index (κ1) is 12.4. The summed E-state index contributed by atoms with van der Waals surface area (Å²) in [7, 11) is 0. The molecule has 0 bridgehead atoms. The van der Waals surface area contributed by atoms with Gasteiger partial charge in [0, 0.05) is 5.92 Å². The van der Waals surface area contributed by atoms with Crippen LogP contribution >= 0.6 is 0 Å². The summed E-state index contributed by atoms with van der Waals surface area (Å²) in [5.41, 5.74) is 2.62. The summed E-state index contributed by atoms with van der Waals surface area (Å²) in [5, 5.41) is 10.5. The Morgan fingerprint density at radius 3 is 1.95 bits per heavy atom. The second kappa shape index (κ2) is 5.58. The van der Waals surface area contributed by atoms with Gasteiger partial charge in [-0.1, -0.05) is 67.1 Å². The van der Waals surface area contributed by atoms with Gasteiger partial charge in [0.1, 0.15) is 0 Å². The first-order valence-electron chi connectivity index (χ1n) is 7.14. The second-order valence-corrected chi connectivity index (χ2v) is 5.45. The molecule has 2 aromatic carbocycles. The molecule has 0 amide bonds. The van der Waals surface area contributed by atoms with Gasteiger partial charge in [-0.05, 0) is 29.9 Å². The predicted molar refractivity (Wildman–Crippen MR) is 78.2 cm³/mol. The summed E-state index contributed by atoms with van der Waals surface area (Å²) < 4.78 is 0. The highest BCUT2D eigenvalue weighted by Gasteiger charge is 2.33. The summed E-state index contributed by atoms with van der Waals surface area (Å²) >= 11 is 0. The van der Waals surface area contributed by atoms with E-state index >= 15 is 0 Å². The molecule has 1 saturated carbocycles. The molecule has 1 fully saturated rings. The summed E-state index contributed by atoms with van der Waals surface area (Å²) in [4.78, 5) is 0. The van der Waals surface area contributed by atoms with Gasteiger partial charge in [-0.3, -0.25) is 0 Å². The summed E-state index contributed by atoms with van der Waals surface area (Å²) in [5.74, 6) is 0.671. The lowest BCUT2D eigenvalue weighted by atomic mass is 9.71. The molecule has 0 aliphatic heterocycles. The zero-order valence-electron chi connectivity index (χ0n) is 11.1. The molecule has 1 nitrogen and oxygen atoms in total. The fourth-order valence-corrected chi connectivity index (χ4v) is 3.38. The van der Waals surface area contributed by atoms with Crippen LogP contribution in [0.15, 0.2) is 60.7 Å². The van der Waals surface area contributed by atoms with Gasteiger partial charge in [0.05, 0.1) is 6.10 Å². The third-order valence-electron chi connectivity index (χ3n) is 4.28. The standard InChI is InChI=1S/C18H20O/c19-17-13-7-12-16(14-8-3-1-4-9-14)18(17)15-10-5-2-6-11-15/h1-6,8-11,16-19H,7,12-13H2. The van der Waals surface area contributed by atoms with Gasteiger partial charge in [0.2, 0.25) is 0 Å². The van der Waals surface area contributed by atoms with Gasteiger partial charge in [-0.25, -0.2) is 0 Å². The van der Waals surface area contributed by atoms with Crippen LogP contribution < -0.4 is 0 Å². The molecule has 1 heteroatoms. The van der Waals surface area contributed by atoms with E-state index in [0.717, 1.165) is 12.8 Å². The Morgan fingerprint density at radius 1 is 0.737 bits per heavy atom. The smallest absolute Gasteiger partial charge is 0.0614 e. The second-order valence-electron chi connectivity index (χ2n) is 5.45. The largest absolute Gasteiger partial charge is 0.392 e. The predicted octanol–water partition coefficient (Wildman–Crippen LogP) is 4.10. The van der Waals surface area contributed by atoms with Crippen molar-refractivity contribution in [2.75, 3.05) is 0 Å². The maximum Gasteiger partial charge on any atom is 0.0614 e. The van der Waals surface area contributed by atoms with Crippen LogP contribution in [0.3, 0.4) is 0 Å². The first-order valence-corrected chi connectivity index (χ1v) is 7.14. The first-order chi connectivity index (χ1) is 9.36. The minimum atomic E-state index is -0.221. The summed E-state index contributed by atoms with van der Waals surface area (Å²) in [6, 6.07) is 21.1.